The topological polar surface area (TPSA) is 81.0 Å². The number of rotatable bonds is 8. The SMILES string of the molecule is O=C(NCCn1nc(-c2ccccc2)n(C2CC2)c1=O)NC(c1ccccc1)c1ccccc1. The Bertz CT molecular complexity index is 1260. The van der Waals surface area contributed by atoms with E-state index in [1.165, 1.54) is 4.68 Å². The predicted molar refractivity (Wildman–Crippen MR) is 131 cm³/mol. The molecule has 34 heavy (non-hydrogen) atoms. The first-order valence-electron chi connectivity index (χ1n) is 11.6. The van der Waals surface area contributed by atoms with Crippen LogP contribution < -0.4 is 16.3 Å². The molecule has 1 saturated carbocycles. The number of hydrogen-bond donors (Lipinski definition) is 2. The van der Waals surface area contributed by atoms with Crippen LogP contribution in [0.25, 0.3) is 11.4 Å². The van der Waals surface area contributed by atoms with Gasteiger partial charge in [0.2, 0.25) is 0 Å². The van der Waals surface area contributed by atoms with Gasteiger partial charge in [-0.3, -0.25) is 4.57 Å². The summed E-state index contributed by atoms with van der Waals surface area (Å²) >= 11 is 0. The standard InChI is InChI=1S/C27H27N5O2/c33-26(29-24(20-10-4-1-5-11-20)21-12-6-2-7-13-21)28-18-19-31-27(34)32(23-16-17-23)25(30-31)22-14-8-3-9-15-22/h1-15,23-24H,16-19H2,(H2,28,29,33). The van der Waals surface area contributed by atoms with E-state index in [0.29, 0.717) is 12.4 Å². The molecular formula is C27H27N5O2. The van der Waals surface area contributed by atoms with Crippen LogP contribution in [0, 0.1) is 0 Å². The summed E-state index contributed by atoms with van der Waals surface area (Å²) in [5.41, 5.74) is 2.78. The Labute approximate surface area is 198 Å². The normalized spacial score (nSPS) is 13.1. The Hall–Kier alpha value is -4.13. The van der Waals surface area contributed by atoms with Crippen molar-refractivity contribution >= 4 is 6.03 Å². The lowest BCUT2D eigenvalue weighted by Gasteiger charge is -2.20. The minimum Gasteiger partial charge on any atom is -0.336 e. The smallest absolute Gasteiger partial charge is 0.336 e. The van der Waals surface area contributed by atoms with E-state index < -0.39 is 0 Å². The molecule has 0 aliphatic heterocycles. The molecule has 1 aliphatic rings. The number of aromatic nitrogens is 3. The summed E-state index contributed by atoms with van der Waals surface area (Å²) in [5.74, 6) is 0.686. The quantitative estimate of drug-likeness (QED) is 0.421. The molecule has 5 rings (SSSR count). The molecule has 0 unspecified atom stereocenters. The number of carbonyl (C=O) groups is 1. The van der Waals surface area contributed by atoms with Crippen LogP contribution in [0.15, 0.2) is 95.8 Å². The number of benzene rings is 3. The van der Waals surface area contributed by atoms with Gasteiger partial charge in [-0.1, -0.05) is 91.0 Å². The van der Waals surface area contributed by atoms with Gasteiger partial charge in [0.1, 0.15) is 0 Å². The van der Waals surface area contributed by atoms with Crippen LogP contribution in [-0.4, -0.2) is 26.9 Å². The van der Waals surface area contributed by atoms with Gasteiger partial charge in [-0.2, -0.15) is 0 Å². The van der Waals surface area contributed by atoms with Gasteiger partial charge in [0.05, 0.1) is 12.6 Å². The first kappa shape index (κ1) is 21.7. The monoisotopic (exact) mass is 453 g/mol. The van der Waals surface area contributed by atoms with Gasteiger partial charge in [0.25, 0.3) is 0 Å². The fourth-order valence-corrected chi connectivity index (χ4v) is 4.12. The molecule has 0 atom stereocenters. The van der Waals surface area contributed by atoms with E-state index in [2.05, 4.69) is 15.7 Å². The molecule has 2 N–H and O–H groups in total. The Morgan fingerprint density at radius 1 is 0.882 bits per heavy atom. The third kappa shape index (κ3) is 4.78. The molecular weight excluding hydrogens is 426 g/mol. The van der Waals surface area contributed by atoms with E-state index in [1.54, 1.807) is 4.57 Å². The van der Waals surface area contributed by atoms with Gasteiger partial charge in [0.15, 0.2) is 5.82 Å². The highest BCUT2D eigenvalue weighted by atomic mass is 16.2. The van der Waals surface area contributed by atoms with E-state index >= 15 is 0 Å². The fraction of sp³-hybridized carbons (Fsp3) is 0.222. The summed E-state index contributed by atoms with van der Waals surface area (Å²) < 4.78 is 3.24. The molecule has 4 aromatic rings. The van der Waals surface area contributed by atoms with Crippen molar-refractivity contribution in [2.45, 2.75) is 31.5 Å². The molecule has 1 aromatic heterocycles. The molecule has 172 valence electrons. The first-order valence-corrected chi connectivity index (χ1v) is 11.6. The number of urea groups is 1. The summed E-state index contributed by atoms with van der Waals surface area (Å²) in [6.45, 7) is 0.588. The Morgan fingerprint density at radius 2 is 1.44 bits per heavy atom. The lowest BCUT2D eigenvalue weighted by molar-refractivity contribution is 0.238. The number of nitrogens with zero attached hydrogens (tertiary/aromatic N) is 3. The van der Waals surface area contributed by atoms with Crippen molar-refractivity contribution in [3.8, 4) is 11.4 Å². The van der Waals surface area contributed by atoms with Crippen LogP contribution in [0.1, 0.15) is 36.1 Å². The van der Waals surface area contributed by atoms with Crippen LogP contribution in [-0.2, 0) is 6.54 Å². The molecule has 0 radical (unpaired) electrons. The Kier molecular flexibility index (Phi) is 6.25. The lowest BCUT2D eigenvalue weighted by atomic mass is 9.99. The molecule has 2 amide bonds. The van der Waals surface area contributed by atoms with E-state index in [9.17, 15) is 9.59 Å². The number of hydrogen-bond acceptors (Lipinski definition) is 3. The summed E-state index contributed by atoms with van der Waals surface area (Å²) in [7, 11) is 0. The summed E-state index contributed by atoms with van der Waals surface area (Å²) in [6, 6.07) is 29.1. The van der Waals surface area contributed by atoms with Crippen molar-refractivity contribution in [2.75, 3.05) is 6.54 Å². The van der Waals surface area contributed by atoms with Gasteiger partial charge in [-0.15, -0.1) is 5.10 Å². The Morgan fingerprint density at radius 3 is 2.00 bits per heavy atom. The van der Waals surface area contributed by atoms with Gasteiger partial charge in [-0.05, 0) is 24.0 Å². The molecule has 1 aliphatic carbocycles. The highest BCUT2D eigenvalue weighted by Gasteiger charge is 2.30. The third-order valence-corrected chi connectivity index (χ3v) is 5.96. The minimum atomic E-state index is -0.296. The van der Waals surface area contributed by atoms with Crippen LogP contribution >= 0.6 is 0 Å². The van der Waals surface area contributed by atoms with Crippen molar-refractivity contribution in [3.05, 3.63) is 113 Å². The van der Waals surface area contributed by atoms with Crippen molar-refractivity contribution in [1.82, 2.24) is 25.0 Å². The summed E-state index contributed by atoms with van der Waals surface area (Å²) in [4.78, 5) is 25.8. The van der Waals surface area contributed by atoms with Crippen LogP contribution in [0.3, 0.4) is 0 Å². The van der Waals surface area contributed by atoms with Crippen LogP contribution in [0.5, 0.6) is 0 Å². The first-order chi connectivity index (χ1) is 16.7. The molecule has 1 heterocycles. The molecule has 7 heteroatoms. The zero-order valence-electron chi connectivity index (χ0n) is 18.8. The summed E-state index contributed by atoms with van der Waals surface area (Å²) in [6.07, 6.45) is 1.99. The fourth-order valence-electron chi connectivity index (χ4n) is 4.12. The van der Waals surface area contributed by atoms with E-state index in [0.717, 1.165) is 29.5 Å². The maximum absolute atomic E-state index is 13.0. The van der Waals surface area contributed by atoms with E-state index in [1.807, 2.05) is 91.0 Å². The average Bonchev–Trinajstić information content (AvgIpc) is 3.67. The largest absolute Gasteiger partial charge is 0.346 e. The third-order valence-electron chi connectivity index (χ3n) is 5.96. The van der Waals surface area contributed by atoms with Crippen molar-refractivity contribution < 1.29 is 4.79 Å². The molecule has 0 spiro atoms. The zero-order valence-corrected chi connectivity index (χ0v) is 18.8. The predicted octanol–water partition coefficient (Wildman–Crippen LogP) is 4.14. The van der Waals surface area contributed by atoms with Gasteiger partial charge < -0.3 is 10.6 Å². The molecule has 0 saturated heterocycles. The highest BCUT2D eigenvalue weighted by molar-refractivity contribution is 5.75. The van der Waals surface area contributed by atoms with E-state index in [4.69, 9.17) is 0 Å². The molecule has 0 bridgehead atoms. The second-order valence-electron chi connectivity index (χ2n) is 8.45. The minimum absolute atomic E-state index is 0.130. The number of amides is 2. The highest BCUT2D eigenvalue weighted by Crippen LogP contribution is 2.36. The second kappa shape index (κ2) is 9.79. The van der Waals surface area contributed by atoms with Gasteiger partial charge in [-0.25, -0.2) is 14.3 Å². The van der Waals surface area contributed by atoms with Crippen molar-refractivity contribution in [2.24, 2.45) is 0 Å². The molecule has 7 nitrogen and oxygen atoms in total. The van der Waals surface area contributed by atoms with Crippen LogP contribution in [0.2, 0.25) is 0 Å². The van der Waals surface area contributed by atoms with Crippen LogP contribution in [0.4, 0.5) is 4.79 Å². The average molecular weight is 454 g/mol. The maximum Gasteiger partial charge on any atom is 0.346 e. The summed E-state index contributed by atoms with van der Waals surface area (Å²) in [5, 5.41) is 10.5. The van der Waals surface area contributed by atoms with Gasteiger partial charge >= 0.3 is 11.7 Å². The Balaban J connectivity index is 1.27. The number of nitrogens with one attached hydrogen (secondary N) is 2. The van der Waals surface area contributed by atoms with Crippen molar-refractivity contribution in [3.63, 3.8) is 0 Å². The second-order valence-corrected chi connectivity index (χ2v) is 8.45. The maximum atomic E-state index is 13.0. The number of carbonyl (C=O) groups excluding carboxylic acids is 1. The van der Waals surface area contributed by atoms with Crippen molar-refractivity contribution in [1.29, 1.82) is 0 Å². The zero-order chi connectivity index (χ0) is 23.3. The molecule has 3 aromatic carbocycles. The molecule has 1 fully saturated rings. The lowest BCUT2D eigenvalue weighted by Crippen LogP contribution is -2.40. The van der Waals surface area contributed by atoms with E-state index in [-0.39, 0.29) is 30.3 Å². The van der Waals surface area contributed by atoms with Gasteiger partial charge in [0, 0.05) is 18.2 Å².